The van der Waals surface area contributed by atoms with Crippen molar-refractivity contribution in [2.75, 3.05) is 26.7 Å². The summed E-state index contributed by atoms with van der Waals surface area (Å²) in [6.07, 6.45) is 0.966. The fourth-order valence-corrected chi connectivity index (χ4v) is 1.95. The van der Waals surface area contributed by atoms with Gasteiger partial charge in [-0.05, 0) is 24.1 Å². The number of nitrogens with zero attached hydrogens (tertiary/aromatic N) is 2. The zero-order valence-corrected chi connectivity index (χ0v) is 12.9. The van der Waals surface area contributed by atoms with Gasteiger partial charge in [0.1, 0.15) is 0 Å². The first kappa shape index (κ1) is 14.6. The molecule has 94 valence electrons. The van der Waals surface area contributed by atoms with Crippen LogP contribution in [0.2, 0.25) is 5.02 Å². The van der Waals surface area contributed by atoms with Crippen molar-refractivity contribution in [2.45, 2.75) is 6.42 Å². The lowest BCUT2D eigenvalue weighted by atomic mass is 10.1. The van der Waals surface area contributed by atoms with Crippen molar-refractivity contribution in [3.8, 4) is 0 Å². The molecule has 17 heavy (non-hydrogen) atoms. The Kier molecular flexibility index (Phi) is 6.05. The van der Waals surface area contributed by atoms with Crippen molar-refractivity contribution in [2.24, 2.45) is 4.99 Å². The molecule has 0 aromatic heterocycles. The van der Waals surface area contributed by atoms with Crippen LogP contribution in [0.4, 0.5) is 0 Å². The zero-order valence-electron chi connectivity index (χ0n) is 9.82. The molecule has 1 heterocycles. The van der Waals surface area contributed by atoms with Crippen LogP contribution in [-0.4, -0.2) is 37.5 Å². The molecule has 0 atom stereocenters. The zero-order chi connectivity index (χ0) is 11.4. The Hall–Kier alpha value is -0.490. The predicted molar refractivity (Wildman–Crippen MR) is 83.5 cm³/mol. The average Bonchev–Trinajstić information content (AvgIpc) is 2.65. The minimum atomic E-state index is 0. The normalized spacial score (nSPS) is 14.2. The molecule has 0 spiro atoms. The smallest absolute Gasteiger partial charge is 0.193 e. The summed E-state index contributed by atoms with van der Waals surface area (Å²) in [4.78, 5) is 6.51. The molecule has 0 saturated heterocycles. The van der Waals surface area contributed by atoms with E-state index < -0.39 is 0 Å². The topological polar surface area (TPSA) is 27.6 Å². The molecule has 0 radical (unpaired) electrons. The highest BCUT2D eigenvalue weighted by Gasteiger charge is 2.10. The van der Waals surface area contributed by atoms with Gasteiger partial charge in [0.2, 0.25) is 0 Å². The maximum atomic E-state index is 5.92. The highest BCUT2D eigenvalue weighted by Crippen LogP contribution is 2.10. The summed E-state index contributed by atoms with van der Waals surface area (Å²) in [6, 6.07) is 7.97. The van der Waals surface area contributed by atoms with Crippen molar-refractivity contribution in [3.05, 3.63) is 34.9 Å². The number of nitrogens with one attached hydrogen (secondary N) is 1. The van der Waals surface area contributed by atoms with E-state index in [9.17, 15) is 0 Å². The van der Waals surface area contributed by atoms with Gasteiger partial charge in [-0.15, -0.1) is 24.0 Å². The molecule has 0 saturated carbocycles. The molecule has 1 aliphatic rings. The van der Waals surface area contributed by atoms with Crippen molar-refractivity contribution >= 4 is 41.5 Å². The standard InChI is InChI=1S/C12H16ClN3.HI/c1-16-8-7-15-12(16)14-6-5-10-3-2-4-11(13)9-10;/h2-4,9H,5-8H2,1H3,(H,14,15);1H. The molecule has 5 heteroatoms. The number of guanidine groups is 1. The Labute approximate surface area is 124 Å². The van der Waals surface area contributed by atoms with Crippen LogP contribution < -0.4 is 5.32 Å². The average molecular weight is 366 g/mol. The molecule has 1 aromatic carbocycles. The van der Waals surface area contributed by atoms with E-state index in [4.69, 9.17) is 11.6 Å². The van der Waals surface area contributed by atoms with Gasteiger partial charge in [-0.2, -0.15) is 0 Å². The lowest BCUT2D eigenvalue weighted by Gasteiger charge is -2.15. The highest BCUT2D eigenvalue weighted by molar-refractivity contribution is 14.0. The van der Waals surface area contributed by atoms with Crippen molar-refractivity contribution in [3.63, 3.8) is 0 Å². The molecule has 3 nitrogen and oxygen atoms in total. The Morgan fingerprint density at radius 3 is 2.94 bits per heavy atom. The van der Waals surface area contributed by atoms with Crippen LogP contribution >= 0.6 is 35.6 Å². The maximum absolute atomic E-state index is 5.92. The number of benzene rings is 1. The summed E-state index contributed by atoms with van der Waals surface area (Å²) in [6.45, 7) is 2.80. The first-order valence-electron chi connectivity index (χ1n) is 5.49. The van der Waals surface area contributed by atoms with Crippen LogP contribution in [0.25, 0.3) is 0 Å². The molecule has 0 unspecified atom stereocenters. The van der Waals surface area contributed by atoms with E-state index in [2.05, 4.69) is 28.3 Å². The predicted octanol–water partition coefficient (Wildman–Crippen LogP) is 2.39. The van der Waals surface area contributed by atoms with Gasteiger partial charge in [0.25, 0.3) is 0 Å². The largest absolute Gasteiger partial charge is 0.356 e. The van der Waals surface area contributed by atoms with Gasteiger partial charge in [-0.3, -0.25) is 4.99 Å². The number of halogens is 2. The number of rotatable bonds is 3. The molecular formula is C12H17ClIN3. The second-order valence-electron chi connectivity index (χ2n) is 3.93. The van der Waals surface area contributed by atoms with Gasteiger partial charge in [0, 0.05) is 25.2 Å². The van der Waals surface area contributed by atoms with Crippen LogP contribution in [0.1, 0.15) is 5.56 Å². The molecule has 1 N–H and O–H groups in total. The van der Waals surface area contributed by atoms with E-state index >= 15 is 0 Å². The third kappa shape index (κ3) is 4.35. The first-order chi connectivity index (χ1) is 7.75. The third-order valence-corrected chi connectivity index (χ3v) is 2.88. The van der Waals surface area contributed by atoms with Crippen molar-refractivity contribution < 1.29 is 0 Å². The fourth-order valence-electron chi connectivity index (χ4n) is 1.73. The van der Waals surface area contributed by atoms with E-state index in [0.29, 0.717) is 0 Å². The summed E-state index contributed by atoms with van der Waals surface area (Å²) in [5, 5.41) is 4.13. The van der Waals surface area contributed by atoms with Gasteiger partial charge in [0.15, 0.2) is 5.96 Å². The van der Waals surface area contributed by atoms with Crippen LogP contribution in [0.3, 0.4) is 0 Å². The maximum Gasteiger partial charge on any atom is 0.193 e. The lowest BCUT2D eigenvalue weighted by Crippen LogP contribution is -2.36. The van der Waals surface area contributed by atoms with E-state index in [0.717, 1.165) is 37.0 Å². The Bertz CT molecular complexity index is 395. The van der Waals surface area contributed by atoms with E-state index in [1.54, 1.807) is 0 Å². The van der Waals surface area contributed by atoms with Gasteiger partial charge >= 0.3 is 0 Å². The third-order valence-electron chi connectivity index (χ3n) is 2.64. The molecule has 1 aliphatic heterocycles. The molecule has 0 aliphatic carbocycles. The Balaban J connectivity index is 0.00000144. The summed E-state index contributed by atoms with van der Waals surface area (Å²) < 4.78 is 0. The van der Waals surface area contributed by atoms with Gasteiger partial charge in [-0.25, -0.2) is 0 Å². The monoisotopic (exact) mass is 365 g/mol. The molecule has 0 fully saturated rings. The van der Waals surface area contributed by atoms with E-state index in [-0.39, 0.29) is 24.0 Å². The highest BCUT2D eigenvalue weighted by atomic mass is 127. The van der Waals surface area contributed by atoms with E-state index in [1.807, 2.05) is 18.2 Å². The second-order valence-corrected chi connectivity index (χ2v) is 4.37. The second kappa shape index (κ2) is 7.06. The molecule has 1 aromatic rings. The first-order valence-corrected chi connectivity index (χ1v) is 5.87. The van der Waals surface area contributed by atoms with Crippen LogP contribution in [0, 0.1) is 0 Å². The van der Waals surface area contributed by atoms with Crippen LogP contribution in [0.5, 0.6) is 0 Å². The lowest BCUT2D eigenvalue weighted by molar-refractivity contribution is 0.534. The quantitative estimate of drug-likeness (QED) is 0.833. The van der Waals surface area contributed by atoms with Crippen LogP contribution in [-0.2, 0) is 6.42 Å². The molecule has 2 rings (SSSR count). The van der Waals surface area contributed by atoms with Gasteiger partial charge in [0.05, 0.1) is 6.54 Å². The number of likely N-dealkylation sites (N-methyl/N-ethyl adjacent to an activating group) is 1. The van der Waals surface area contributed by atoms with Crippen molar-refractivity contribution in [1.82, 2.24) is 10.2 Å². The fraction of sp³-hybridized carbons (Fsp3) is 0.417. The summed E-state index contributed by atoms with van der Waals surface area (Å²) in [5.74, 6) is 1.00. The van der Waals surface area contributed by atoms with Crippen molar-refractivity contribution in [1.29, 1.82) is 0 Å². The minimum absolute atomic E-state index is 0. The van der Waals surface area contributed by atoms with E-state index in [1.165, 1.54) is 5.56 Å². The van der Waals surface area contributed by atoms with Gasteiger partial charge in [-0.1, -0.05) is 23.7 Å². The van der Waals surface area contributed by atoms with Crippen LogP contribution in [0.15, 0.2) is 29.3 Å². The molecule has 0 bridgehead atoms. The molecular weight excluding hydrogens is 349 g/mol. The Morgan fingerprint density at radius 1 is 1.47 bits per heavy atom. The molecule has 0 amide bonds. The SMILES string of the molecule is CN1CCN=C1NCCc1cccc(Cl)c1.I. The summed E-state index contributed by atoms with van der Waals surface area (Å²) >= 11 is 5.92. The van der Waals surface area contributed by atoms with Gasteiger partial charge < -0.3 is 10.2 Å². The Morgan fingerprint density at radius 2 is 2.29 bits per heavy atom. The number of hydrogen-bond donors (Lipinski definition) is 1. The summed E-state index contributed by atoms with van der Waals surface area (Å²) in [7, 11) is 2.05. The summed E-state index contributed by atoms with van der Waals surface area (Å²) in [5.41, 5.74) is 1.25. The number of aliphatic imine (C=N–C) groups is 1. The number of hydrogen-bond acceptors (Lipinski definition) is 3. The minimum Gasteiger partial charge on any atom is -0.356 e.